The average molecular weight is 235 g/mol. The van der Waals surface area contributed by atoms with E-state index in [4.69, 9.17) is 8.83 Å². The largest absolute Gasteiger partial charge is 0.519 e. The Morgan fingerprint density at radius 3 is 2.33 bits per heavy atom. The molecule has 0 saturated heterocycles. The summed E-state index contributed by atoms with van der Waals surface area (Å²) in [5, 5.41) is 0. The summed E-state index contributed by atoms with van der Waals surface area (Å²) in [5.41, 5.74) is -0.405. The summed E-state index contributed by atoms with van der Waals surface area (Å²) in [6.07, 6.45) is 0. The summed E-state index contributed by atoms with van der Waals surface area (Å²) >= 11 is 0. The van der Waals surface area contributed by atoms with Crippen molar-refractivity contribution in [2.24, 2.45) is 0 Å². The van der Waals surface area contributed by atoms with Crippen molar-refractivity contribution in [2.45, 2.75) is 32.7 Å². The highest BCUT2D eigenvalue weighted by molar-refractivity contribution is 7.70. The van der Waals surface area contributed by atoms with Crippen LogP contribution in [0.15, 0.2) is 13.6 Å². The molecule has 0 spiro atoms. The van der Waals surface area contributed by atoms with E-state index >= 15 is 0 Å². The molecule has 86 valence electrons. The first-order valence-electron chi connectivity index (χ1n) is 4.32. The Balaban J connectivity index is 3.02. The van der Waals surface area contributed by atoms with Gasteiger partial charge in [-0.3, -0.25) is 0 Å². The molecule has 0 saturated carbocycles. The minimum atomic E-state index is -2.72. The fourth-order valence-electron chi connectivity index (χ4n) is 1.13. The van der Waals surface area contributed by atoms with Gasteiger partial charge in [0.05, 0.1) is 6.54 Å². The first-order valence-corrected chi connectivity index (χ1v) is 5.49. The van der Waals surface area contributed by atoms with Crippen LogP contribution >= 0.6 is 0 Å². The molecule has 7 heteroatoms. The Kier molecular flexibility index (Phi) is 3.35. The van der Waals surface area contributed by atoms with E-state index < -0.39 is 22.1 Å². The molecule has 0 amide bonds. The van der Waals surface area contributed by atoms with Gasteiger partial charge < -0.3 is 8.83 Å². The van der Waals surface area contributed by atoms with Crippen LogP contribution in [-0.4, -0.2) is 8.42 Å². The molecule has 0 fully saturated rings. The lowest BCUT2D eigenvalue weighted by Crippen LogP contribution is -2.17. The Bertz CT molecular complexity index is 454. The Morgan fingerprint density at radius 1 is 1.27 bits per heavy atom. The van der Waals surface area contributed by atoms with Crippen molar-refractivity contribution in [1.82, 2.24) is 4.72 Å². The van der Waals surface area contributed by atoms with Crippen LogP contribution in [-0.2, 0) is 22.8 Å². The van der Waals surface area contributed by atoms with Gasteiger partial charge in [0.2, 0.25) is 10.9 Å². The first kappa shape index (κ1) is 12.0. The SMILES string of the molecule is CC(C)(C)c1oc(=O)oc1CN[SH](=O)=O. The molecule has 0 radical (unpaired) electrons. The number of rotatable bonds is 3. The normalized spacial score (nSPS) is 12.3. The zero-order valence-corrected chi connectivity index (χ0v) is 9.59. The van der Waals surface area contributed by atoms with E-state index in [0.29, 0.717) is 5.76 Å². The Labute approximate surface area is 88.4 Å². The van der Waals surface area contributed by atoms with Crippen LogP contribution in [0.5, 0.6) is 0 Å². The van der Waals surface area contributed by atoms with E-state index in [-0.39, 0.29) is 12.3 Å². The molecular weight excluding hydrogens is 222 g/mol. The lowest BCUT2D eigenvalue weighted by molar-refractivity contribution is 0.343. The van der Waals surface area contributed by atoms with Gasteiger partial charge in [0.1, 0.15) is 0 Å². The number of hydrogen-bond acceptors (Lipinski definition) is 5. The lowest BCUT2D eigenvalue weighted by atomic mass is 9.92. The van der Waals surface area contributed by atoms with Crippen molar-refractivity contribution in [3.8, 4) is 0 Å². The van der Waals surface area contributed by atoms with E-state index in [9.17, 15) is 13.2 Å². The predicted octanol–water partition coefficient (Wildman–Crippen LogP) is 0.146. The minimum absolute atomic E-state index is 0.0724. The van der Waals surface area contributed by atoms with Gasteiger partial charge in [0.15, 0.2) is 11.5 Å². The monoisotopic (exact) mass is 235 g/mol. The molecule has 1 heterocycles. The highest BCUT2D eigenvalue weighted by atomic mass is 32.2. The standard InChI is InChI=1S/C8H13NO5S/c1-8(2,3)6-5(4-9-15(11)12)13-7(10)14-6/h15H,4H2,1-3H3,(H,9,11,12). The van der Waals surface area contributed by atoms with E-state index in [2.05, 4.69) is 4.72 Å². The third-order valence-corrected chi connectivity index (χ3v) is 2.11. The molecule has 15 heavy (non-hydrogen) atoms. The molecule has 1 aromatic rings. The van der Waals surface area contributed by atoms with Gasteiger partial charge in [0.25, 0.3) is 0 Å². The second-order valence-corrected chi connectivity index (χ2v) is 4.88. The van der Waals surface area contributed by atoms with Gasteiger partial charge in [-0.2, -0.15) is 0 Å². The molecule has 0 atom stereocenters. The van der Waals surface area contributed by atoms with Crippen LogP contribution in [0.2, 0.25) is 0 Å². The van der Waals surface area contributed by atoms with Gasteiger partial charge in [-0.25, -0.2) is 17.9 Å². The van der Waals surface area contributed by atoms with Gasteiger partial charge in [0, 0.05) is 5.41 Å². The van der Waals surface area contributed by atoms with Crippen LogP contribution in [0.3, 0.4) is 0 Å². The van der Waals surface area contributed by atoms with Gasteiger partial charge in [-0.05, 0) is 0 Å². The molecule has 0 unspecified atom stereocenters. The molecular formula is C8H13NO5S. The van der Waals surface area contributed by atoms with Crippen LogP contribution in [0.1, 0.15) is 32.3 Å². The van der Waals surface area contributed by atoms with Crippen molar-refractivity contribution >= 4 is 10.9 Å². The number of thiol groups is 1. The lowest BCUT2D eigenvalue weighted by Gasteiger charge is -2.14. The molecule has 0 bridgehead atoms. The van der Waals surface area contributed by atoms with Crippen molar-refractivity contribution in [1.29, 1.82) is 0 Å². The van der Waals surface area contributed by atoms with E-state index in [1.54, 1.807) is 0 Å². The van der Waals surface area contributed by atoms with Gasteiger partial charge in [-0.1, -0.05) is 20.8 Å². The maximum Gasteiger partial charge on any atom is 0.519 e. The molecule has 0 aliphatic rings. The molecule has 1 aromatic heterocycles. The van der Waals surface area contributed by atoms with Crippen molar-refractivity contribution in [3.63, 3.8) is 0 Å². The zero-order valence-electron chi connectivity index (χ0n) is 8.70. The Morgan fingerprint density at radius 2 is 1.87 bits per heavy atom. The number of hydrogen-bond donors (Lipinski definition) is 2. The average Bonchev–Trinajstić information content (AvgIpc) is 2.42. The fraction of sp³-hybridized carbons (Fsp3) is 0.625. The highest BCUT2D eigenvalue weighted by Gasteiger charge is 2.25. The summed E-state index contributed by atoms with van der Waals surface area (Å²) in [6, 6.07) is 0. The third kappa shape index (κ3) is 3.21. The van der Waals surface area contributed by atoms with Crippen molar-refractivity contribution < 1.29 is 17.3 Å². The molecule has 0 aliphatic carbocycles. The molecule has 1 N–H and O–H groups in total. The summed E-state index contributed by atoms with van der Waals surface area (Å²) in [5.74, 6) is -0.249. The maximum atomic E-state index is 10.9. The number of nitrogens with one attached hydrogen (secondary N) is 1. The third-order valence-electron chi connectivity index (χ3n) is 1.70. The van der Waals surface area contributed by atoms with Gasteiger partial charge in [-0.15, -0.1) is 0 Å². The van der Waals surface area contributed by atoms with Crippen LogP contribution < -0.4 is 10.5 Å². The topological polar surface area (TPSA) is 89.5 Å². The molecule has 0 aromatic carbocycles. The zero-order chi connectivity index (χ0) is 11.6. The van der Waals surface area contributed by atoms with Crippen LogP contribution in [0.25, 0.3) is 0 Å². The fourth-order valence-corrected chi connectivity index (χ4v) is 1.40. The minimum Gasteiger partial charge on any atom is -0.395 e. The summed E-state index contributed by atoms with van der Waals surface area (Å²) in [7, 11) is -2.72. The Hall–Kier alpha value is -1.08. The second kappa shape index (κ2) is 4.19. The van der Waals surface area contributed by atoms with E-state index in [0.717, 1.165) is 0 Å². The summed E-state index contributed by atoms with van der Waals surface area (Å²) in [4.78, 5) is 10.9. The van der Waals surface area contributed by atoms with E-state index in [1.165, 1.54) is 0 Å². The highest BCUT2D eigenvalue weighted by Crippen LogP contribution is 2.24. The first-order chi connectivity index (χ1) is 6.80. The predicted molar refractivity (Wildman–Crippen MR) is 53.1 cm³/mol. The maximum absolute atomic E-state index is 10.9. The quantitative estimate of drug-likeness (QED) is 0.728. The smallest absolute Gasteiger partial charge is 0.395 e. The second-order valence-electron chi connectivity index (χ2n) is 4.05. The summed E-state index contributed by atoms with van der Waals surface area (Å²) < 4.78 is 32.4. The van der Waals surface area contributed by atoms with Crippen molar-refractivity contribution in [2.75, 3.05) is 0 Å². The van der Waals surface area contributed by atoms with Crippen LogP contribution in [0, 0.1) is 0 Å². The molecule has 1 rings (SSSR count). The molecule has 0 aliphatic heterocycles. The van der Waals surface area contributed by atoms with Crippen LogP contribution in [0.4, 0.5) is 0 Å². The summed E-state index contributed by atoms with van der Waals surface area (Å²) in [6.45, 7) is 5.43. The molecule has 6 nitrogen and oxygen atoms in total. The van der Waals surface area contributed by atoms with Crippen molar-refractivity contribution in [3.05, 3.63) is 22.1 Å². The van der Waals surface area contributed by atoms with E-state index in [1.807, 2.05) is 20.8 Å². The van der Waals surface area contributed by atoms with Gasteiger partial charge >= 0.3 is 5.82 Å².